The van der Waals surface area contributed by atoms with Gasteiger partial charge in [0.25, 0.3) is 5.56 Å². The molecule has 9 heteroatoms. The molecule has 0 bridgehead atoms. The van der Waals surface area contributed by atoms with Crippen LogP contribution in [0.4, 0.5) is 0 Å². The Morgan fingerprint density at radius 1 is 1.19 bits per heavy atom. The molecule has 1 saturated heterocycles. The van der Waals surface area contributed by atoms with Crippen molar-refractivity contribution in [2.75, 3.05) is 23.8 Å². The lowest BCUT2D eigenvalue weighted by atomic mass is 10.2. The van der Waals surface area contributed by atoms with Crippen molar-refractivity contribution in [1.29, 1.82) is 0 Å². The van der Waals surface area contributed by atoms with E-state index in [1.54, 1.807) is 23.1 Å². The molecule has 1 fully saturated rings. The molecule has 1 aliphatic rings. The summed E-state index contributed by atoms with van der Waals surface area (Å²) in [5, 5.41) is 0.941. The highest BCUT2D eigenvalue weighted by Crippen LogP contribution is 2.24. The predicted molar refractivity (Wildman–Crippen MR) is 127 cm³/mol. The van der Waals surface area contributed by atoms with E-state index < -0.39 is 9.84 Å². The van der Waals surface area contributed by atoms with Crippen LogP contribution in [0, 0.1) is 6.92 Å². The maximum Gasteiger partial charge on any atom is 0.266 e. The van der Waals surface area contributed by atoms with Gasteiger partial charge in [0.05, 0.1) is 33.8 Å². The molecular formula is C23H25N3O4S2. The smallest absolute Gasteiger partial charge is 0.266 e. The second kappa shape index (κ2) is 9.07. The van der Waals surface area contributed by atoms with Gasteiger partial charge in [0.2, 0.25) is 5.91 Å². The second-order valence-electron chi connectivity index (χ2n) is 7.91. The zero-order valence-corrected chi connectivity index (χ0v) is 19.7. The highest BCUT2D eigenvalue weighted by atomic mass is 32.2. The van der Waals surface area contributed by atoms with Crippen LogP contribution in [0.15, 0.2) is 58.5 Å². The number of sulfone groups is 1. The monoisotopic (exact) mass is 471 g/mol. The zero-order chi connectivity index (χ0) is 22.9. The summed E-state index contributed by atoms with van der Waals surface area (Å²) in [5.41, 5.74) is 2.14. The normalized spacial score (nSPS) is 17.5. The minimum absolute atomic E-state index is 0.0134. The third-order valence-electron chi connectivity index (χ3n) is 5.67. The molecule has 32 heavy (non-hydrogen) atoms. The number of nitrogens with zero attached hydrogens (tertiary/aromatic N) is 3. The van der Waals surface area contributed by atoms with Gasteiger partial charge in [-0.15, -0.1) is 0 Å². The van der Waals surface area contributed by atoms with Gasteiger partial charge in [-0.2, -0.15) is 0 Å². The van der Waals surface area contributed by atoms with Gasteiger partial charge in [0.1, 0.15) is 0 Å². The van der Waals surface area contributed by atoms with Gasteiger partial charge >= 0.3 is 0 Å². The number of aryl methyl sites for hydroxylation is 1. The molecule has 3 aromatic rings. The molecule has 1 aromatic heterocycles. The van der Waals surface area contributed by atoms with E-state index in [0.29, 0.717) is 34.7 Å². The van der Waals surface area contributed by atoms with Crippen LogP contribution in [0.3, 0.4) is 0 Å². The van der Waals surface area contributed by atoms with Crippen molar-refractivity contribution in [2.24, 2.45) is 0 Å². The summed E-state index contributed by atoms with van der Waals surface area (Å²) in [6, 6.07) is 14.4. The number of hydrogen-bond donors (Lipinski definition) is 0. The summed E-state index contributed by atoms with van der Waals surface area (Å²) in [4.78, 5) is 32.6. The number of fused-ring (bicyclic) bond motifs is 1. The molecule has 2 heterocycles. The standard InChI is InChI=1S/C23H25N3O4S2/c1-3-25(18-12-13-32(29,30)15-18)21(27)14-31-23-24-20-7-5-4-6-19(20)22(28)26(23)17-10-8-16(2)9-11-17/h4-11,18H,3,12-15H2,1-2H3/t18-/m0/s1. The third-order valence-corrected chi connectivity index (χ3v) is 8.35. The molecule has 1 aliphatic heterocycles. The first-order chi connectivity index (χ1) is 15.3. The van der Waals surface area contributed by atoms with E-state index in [2.05, 4.69) is 4.98 Å². The number of amides is 1. The van der Waals surface area contributed by atoms with Crippen LogP contribution in [0.1, 0.15) is 18.9 Å². The Morgan fingerprint density at radius 2 is 1.91 bits per heavy atom. The van der Waals surface area contributed by atoms with Crippen molar-refractivity contribution in [3.63, 3.8) is 0 Å². The molecule has 4 rings (SSSR count). The Labute approximate surface area is 191 Å². The third kappa shape index (κ3) is 4.59. The van der Waals surface area contributed by atoms with Gasteiger partial charge in [-0.25, -0.2) is 13.4 Å². The molecule has 168 valence electrons. The lowest BCUT2D eigenvalue weighted by Gasteiger charge is -2.26. The van der Waals surface area contributed by atoms with Gasteiger partial charge in [0.15, 0.2) is 15.0 Å². The van der Waals surface area contributed by atoms with Gasteiger partial charge in [-0.1, -0.05) is 41.6 Å². The second-order valence-corrected chi connectivity index (χ2v) is 11.1. The van der Waals surface area contributed by atoms with E-state index >= 15 is 0 Å². The lowest BCUT2D eigenvalue weighted by molar-refractivity contribution is -0.129. The van der Waals surface area contributed by atoms with E-state index in [-0.39, 0.29) is 34.8 Å². The average Bonchev–Trinajstić information content (AvgIpc) is 3.13. The first-order valence-corrected chi connectivity index (χ1v) is 13.3. The van der Waals surface area contributed by atoms with Crippen LogP contribution < -0.4 is 5.56 Å². The summed E-state index contributed by atoms with van der Waals surface area (Å²) in [6.45, 7) is 4.27. The van der Waals surface area contributed by atoms with Crippen LogP contribution in [-0.4, -0.2) is 58.6 Å². The van der Waals surface area contributed by atoms with Crippen LogP contribution in [-0.2, 0) is 14.6 Å². The fourth-order valence-corrected chi connectivity index (χ4v) is 6.63. The topological polar surface area (TPSA) is 89.3 Å². The number of benzene rings is 2. The Hall–Kier alpha value is -2.65. The van der Waals surface area contributed by atoms with Crippen LogP contribution in [0.2, 0.25) is 0 Å². The molecular weight excluding hydrogens is 446 g/mol. The number of hydrogen-bond acceptors (Lipinski definition) is 6. The maximum atomic E-state index is 13.3. The summed E-state index contributed by atoms with van der Waals surface area (Å²) < 4.78 is 25.3. The van der Waals surface area contributed by atoms with Crippen molar-refractivity contribution in [3.8, 4) is 5.69 Å². The first-order valence-electron chi connectivity index (χ1n) is 10.5. The van der Waals surface area contributed by atoms with Crippen molar-refractivity contribution in [1.82, 2.24) is 14.5 Å². The Morgan fingerprint density at radius 3 is 2.56 bits per heavy atom. The van der Waals surface area contributed by atoms with Crippen molar-refractivity contribution in [3.05, 3.63) is 64.4 Å². The van der Waals surface area contributed by atoms with E-state index in [0.717, 1.165) is 5.56 Å². The maximum absolute atomic E-state index is 13.3. The van der Waals surface area contributed by atoms with E-state index in [4.69, 9.17) is 0 Å². The Kier molecular flexibility index (Phi) is 6.39. The zero-order valence-electron chi connectivity index (χ0n) is 18.0. The average molecular weight is 472 g/mol. The summed E-state index contributed by atoms with van der Waals surface area (Å²) >= 11 is 1.20. The summed E-state index contributed by atoms with van der Waals surface area (Å²) in [7, 11) is -3.09. The van der Waals surface area contributed by atoms with E-state index in [9.17, 15) is 18.0 Å². The van der Waals surface area contributed by atoms with Crippen LogP contribution in [0.5, 0.6) is 0 Å². The lowest BCUT2D eigenvalue weighted by Crippen LogP contribution is -2.42. The SMILES string of the molecule is CCN(C(=O)CSc1nc2ccccc2c(=O)n1-c1ccc(C)cc1)[C@H]1CCS(=O)(=O)C1. The largest absolute Gasteiger partial charge is 0.338 e. The molecule has 2 aromatic carbocycles. The van der Waals surface area contributed by atoms with Crippen LogP contribution >= 0.6 is 11.8 Å². The van der Waals surface area contributed by atoms with Crippen LogP contribution in [0.25, 0.3) is 16.6 Å². The van der Waals surface area contributed by atoms with Crippen molar-refractivity contribution < 1.29 is 13.2 Å². The molecule has 0 unspecified atom stereocenters. The van der Waals surface area contributed by atoms with E-state index in [1.165, 1.54) is 16.3 Å². The number of carbonyl (C=O) groups excluding carboxylic acids is 1. The Balaban J connectivity index is 1.66. The molecule has 7 nitrogen and oxygen atoms in total. The van der Waals surface area contributed by atoms with Crippen molar-refractivity contribution >= 4 is 38.4 Å². The minimum atomic E-state index is -3.09. The molecule has 0 spiro atoms. The summed E-state index contributed by atoms with van der Waals surface area (Å²) in [5.74, 6) is 0.0476. The first kappa shape index (κ1) is 22.5. The minimum Gasteiger partial charge on any atom is -0.338 e. The fourth-order valence-electron chi connectivity index (χ4n) is 4.00. The highest BCUT2D eigenvalue weighted by molar-refractivity contribution is 7.99. The number of aromatic nitrogens is 2. The molecule has 0 aliphatic carbocycles. The molecule has 1 atom stereocenters. The van der Waals surface area contributed by atoms with Gasteiger partial charge < -0.3 is 4.90 Å². The summed E-state index contributed by atoms with van der Waals surface area (Å²) in [6.07, 6.45) is 0.467. The van der Waals surface area contributed by atoms with Gasteiger partial charge in [-0.05, 0) is 44.5 Å². The number of rotatable bonds is 6. The number of carbonyl (C=O) groups is 1. The predicted octanol–water partition coefficient (Wildman–Crippen LogP) is 2.82. The fraction of sp³-hybridized carbons (Fsp3) is 0.348. The highest BCUT2D eigenvalue weighted by Gasteiger charge is 2.34. The molecule has 0 N–H and O–H groups in total. The van der Waals surface area contributed by atoms with Gasteiger partial charge in [0, 0.05) is 12.6 Å². The molecule has 1 amide bonds. The van der Waals surface area contributed by atoms with Crippen molar-refractivity contribution in [2.45, 2.75) is 31.5 Å². The quantitative estimate of drug-likeness (QED) is 0.406. The Bertz CT molecular complexity index is 1320. The number of thioether (sulfide) groups is 1. The van der Waals surface area contributed by atoms with E-state index in [1.807, 2.05) is 44.2 Å². The molecule has 0 radical (unpaired) electrons. The molecule has 0 saturated carbocycles. The van der Waals surface area contributed by atoms with Gasteiger partial charge in [-0.3, -0.25) is 14.2 Å². The number of para-hydroxylation sites is 1.